The summed E-state index contributed by atoms with van der Waals surface area (Å²) in [6.45, 7) is 5.36. The normalized spacial score (nSPS) is 14.1. The highest BCUT2D eigenvalue weighted by Crippen LogP contribution is 2.11. The lowest BCUT2D eigenvalue weighted by Gasteiger charge is -2.35. The SMILES string of the molecule is Cc1ccc(CC(=O)N2CCN(C(=O)CCCCCCN)CC2)cc1.Cl. The average Bonchev–Trinajstić information content (AvgIpc) is 2.63. The lowest BCUT2D eigenvalue weighted by atomic mass is 10.1. The van der Waals surface area contributed by atoms with Crippen molar-refractivity contribution in [2.24, 2.45) is 5.73 Å². The number of amides is 2. The van der Waals surface area contributed by atoms with E-state index >= 15 is 0 Å². The van der Waals surface area contributed by atoms with E-state index in [2.05, 4.69) is 0 Å². The summed E-state index contributed by atoms with van der Waals surface area (Å²) in [5.74, 6) is 0.371. The van der Waals surface area contributed by atoms with Crippen molar-refractivity contribution in [2.45, 2.75) is 45.4 Å². The Morgan fingerprint density at radius 2 is 1.42 bits per heavy atom. The maximum absolute atomic E-state index is 12.4. The molecule has 0 radical (unpaired) electrons. The van der Waals surface area contributed by atoms with Crippen molar-refractivity contribution in [1.29, 1.82) is 0 Å². The molecule has 0 unspecified atom stereocenters. The molecule has 1 fully saturated rings. The second-order valence-corrected chi connectivity index (χ2v) is 6.88. The summed E-state index contributed by atoms with van der Waals surface area (Å²) >= 11 is 0. The minimum Gasteiger partial charge on any atom is -0.339 e. The van der Waals surface area contributed by atoms with Crippen LogP contribution in [0.15, 0.2) is 24.3 Å². The number of carbonyl (C=O) groups excluding carboxylic acids is 2. The van der Waals surface area contributed by atoms with E-state index in [9.17, 15) is 9.59 Å². The molecule has 5 nitrogen and oxygen atoms in total. The number of benzene rings is 1. The number of rotatable bonds is 8. The monoisotopic (exact) mass is 381 g/mol. The summed E-state index contributed by atoms with van der Waals surface area (Å²) in [6.07, 6.45) is 5.20. The molecule has 1 aliphatic rings. The Labute approximate surface area is 163 Å². The Bertz CT molecular complexity index is 555. The van der Waals surface area contributed by atoms with Crippen molar-refractivity contribution in [2.75, 3.05) is 32.7 Å². The molecule has 26 heavy (non-hydrogen) atoms. The zero-order valence-electron chi connectivity index (χ0n) is 15.8. The first-order chi connectivity index (χ1) is 12.1. The molecular weight excluding hydrogens is 350 g/mol. The van der Waals surface area contributed by atoms with Crippen LogP contribution in [0.2, 0.25) is 0 Å². The number of halogens is 1. The van der Waals surface area contributed by atoms with E-state index in [-0.39, 0.29) is 24.2 Å². The van der Waals surface area contributed by atoms with Gasteiger partial charge < -0.3 is 15.5 Å². The minimum atomic E-state index is 0. The second kappa shape index (κ2) is 11.9. The lowest BCUT2D eigenvalue weighted by molar-refractivity contribution is -0.139. The van der Waals surface area contributed by atoms with Crippen molar-refractivity contribution in [3.8, 4) is 0 Å². The van der Waals surface area contributed by atoms with Crippen LogP contribution in [0, 0.1) is 6.92 Å². The number of hydrogen-bond donors (Lipinski definition) is 1. The summed E-state index contributed by atoms with van der Waals surface area (Å²) in [4.78, 5) is 28.4. The van der Waals surface area contributed by atoms with Gasteiger partial charge in [0, 0.05) is 32.6 Å². The van der Waals surface area contributed by atoms with Crippen molar-refractivity contribution >= 4 is 24.2 Å². The molecule has 2 N–H and O–H groups in total. The number of aryl methyl sites for hydroxylation is 1. The van der Waals surface area contributed by atoms with Crippen LogP contribution in [0.4, 0.5) is 0 Å². The van der Waals surface area contributed by atoms with Gasteiger partial charge in [-0.2, -0.15) is 0 Å². The summed E-state index contributed by atoms with van der Waals surface area (Å²) in [5, 5.41) is 0. The highest BCUT2D eigenvalue weighted by atomic mass is 35.5. The molecule has 0 spiro atoms. The van der Waals surface area contributed by atoms with Gasteiger partial charge in [0.1, 0.15) is 0 Å². The van der Waals surface area contributed by atoms with E-state index in [1.807, 2.05) is 41.0 Å². The summed E-state index contributed by atoms with van der Waals surface area (Å²) in [6, 6.07) is 8.09. The second-order valence-electron chi connectivity index (χ2n) is 6.88. The zero-order valence-corrected chi connectivity index (χ0v) is 16.6. The number of carbonyl (C=O) groups is 2. The molecule has 2 amide bonds. The maximum atomic E-state index is 12.4. The standard InChI is InChI=1S/C20H31N3O2.ClH/c1-17-7-9-18(10-8-17)16-20(25)23-14-12-22(13-15-23)19(24)6-4-2-3-5-11-21;/h7-10H,2-6,11-16,21H2,1H3;1H. The fourth-order valence-electron chi connectivity index (χ4n) is 3.13. The average molecular weight is 382 g/mol. The molecule has 1 heterocycles. The first kappa shape index (κ1) is 22.5. The van der Waals surface area contributed by atoms with Crippen molar-refractivity contribution < 1.29 is 9.59 Å². The first-order valence-electron chi connectivity index (χ1n) is 9.41. The number of nitrogens with zero attached hydrogens (tertiary/aromatic N) is 2. The zero-order chi connectivity index (χ0) is 18.1. The van der Waals surface area contributed by atoms with Crippen LogP contribution in [-0.2, 0) is 16.0 Å². The third-order valence-corrected chi connectivity index (χ3v) is 4.81. The van der Waals surface area contributed by atoms with E-state index in [4.69, 9.17) is 5.73 Å². The Kier molecular flexibility index (Phi) is 10.3. The Balaban J connectivity index is 0.00000338. The predicted molar refractivity (Wildman–Crippen MR) is 107 cm³/mol. The van der Waals surface area contributed by atoms with Crippen LogP contribution in [0.5, 0.6) is 0 Å². The van der Waals surface area contributed by atoms with Crippen molar-refractivity contribution in [1.82, 2.24) is 9.80 Å². The fraction of sp³-hybridized carbons (Fsp3) is 0.600. The van der Waals surface area contributed by atoms with E-state index in [1.54, 1.807) is 0 Å². The van der Waals surface area contributed by atoms with E-state index in [1.165, 1.54) is 5.56 Å². The van der Waals surface area contributed by atoms with Gasteiger partial charge in [0.25, 0.3) is 0 Å². The van der Waals surface area contributed by atoms with Crippen molar-refractivity contribution in [3.63, 3.8) is 0 Å². The van der Waals surface area contributed by atoms with Crippen LogP contribution in [0.25, 0.3) is 0 Å². The van der Waals surface area contributed by atoms with Gasteiger partial charge in [-0.25, -0.2) is 0 Å². The summed E-state index contributed by atoms with van der Waals surface area (Å²) < 4.78 is 0. The van der Waals surface area contributed by atoms with Gasteiger partial charge in [-0.15, -0.1) is 12.4 Å². The summed E-state index contributed by atoms with van der Waals surface area (Å²) in [5.41, 5.74) is 7.72. The van der Waals surface area contributed by atoms with Crippen LogP contribution in [-0.4, -0.2) is 54.3 Å². The highest BCUT2D eigenvalue weighted by molar-refractivity contribution is 5.85. The van der Waals surface area contributed by atoms with E-state index < -0.39 is 0 Å². The number of piperazine rings is 1. The molecule has 146 valence electrons. The molecule has 2 rings (SSSR count). The van der Waals surface area contributed by atoms with Gasteiger partial charge in [-0.3, -0.25) is 9.59 Å². The molecular formula is C20H32ClN3O2. The summed E-state index contributed by atoms with van der Waals surface area (Å²) in [7, 11) is 0. The molecule has 0 aliphatic carbocycles. The molecule has 1 saturated heterocycles. The Morgan fingerprint density at radius 3 is 2.00 bits per heavy atom. The Morgan fingerprint density at radius 1 is 0.885 bits per heavy atom. The van der Waals surface area contributed by atoms with Gasteiger partial charge in [0.15, 0.2) is 0 Å². The third-order valence-electron chi connectivity index (χ3n) is 4.81. The first-order valence-corrected chi connectivity index (χ1v) is 9.41. The van der Waals surface area contributed by atoms with E-state index in [0.29, 0.717) is 39.0 Å². The molecule has 0 atom stereocenters. The highest BCUT2D eigenvalue weighted by Gasteiger charge is 2.23. The smallest absolute Gasteiger partial charge is 0.227 e. The van der Waals surface area contributed by atoms with Crippen LogP contribution < -0.4 is 5.73 Å². The molecule has 0 saturated carbocycles. The lowest BCUT2D eigenvalue weighted by Crippen LogP contribution is -2.50. The van der Waals surface area contributed by atoms with Crippen LogP contribution in [0.3, 0.4) is 0 Å². The van der Waals surface area contributed by atoms with Gasteiger partial charge in [0.2, 0.25) is 11.8 Å². The molecule has 6 heteroatoms. The molecule has 1 aromatic rings. The van der Waals surface area contributed by atoms with Gasteiger partial charge >= 0.3 is 0 Å². The number of nitrogens with two attached hydrogens (primary N) is 1. The van der Waals surface area contributed by atoms with Crippen LogP contribution >= 0.6 is 12.4 Å². The molecule has 0 aromatic heterocycles. The maximum Gasteiger partial charge on any atom is 0.227 e. The van der Waals surface area contributed by atoms with E-state index in [0.717, 1.165) is 37.8 Å². The number of unbranched alkanes of at least 4 members (excludes halogenated alkanes) is 3. The number of hydrogen-bond acceptors (Lipinski definition) is 3. The quantitative estimate of drug-likeness (QED) is 0.703. The van der Waals surface area contributed by atoms with Crippen LogP contribution in [0.1, 0.15) is 43.2 Å². The largest absolute Gasteiger partial charge is 0.339 e. The fourth-order valence-corrected chi connectivity index (χ4v) is 3.13. The van der Waals surface area contributed by atoms with Gasteiger partial charge in [-0.05, 0) is 31.9 Å². The molecule has 1 aromatic carbocycles. The van der Waals surface area contributed by atoms with Crippen molar-refractivity contribution in [3.05, 3.63) is 35.4 Å². The Hall–Kier alpha value is -1.59. The van der Waals surface area contributed by atoms with Gasteiger partial charge in [0.05, 0.1) is 6.42 Å². The minimum absolute atomic E-state index is 0. The molecule has 0 bridgehead atoms. The predicted octanol–water partition coefficient (Wildman–Crippen LogP) is 2.54. The van der Waals surface area contributed by atoms with Gasteiger partial charge in [-0.1, -0.05) is 42.7 Å². The molecule has 1 aliphatic heterocycles. The third kappa shape index (κ3) is 7.34. The topological polar surface area (TPSA) is 66.6 Å².